The van der Waals surface area contributed by atoms with Crippen molar-refractivity contribution < 1.29 is 4.79 Å². The fraction of sp³-hybridized carbons (Fsp3) is 0.308. The van der Waals surface area contributed by atoms with Crippen molar-refractivity contribution in [1.29, 1.82) is 0 Å². The van der Waals surface area contributed by atoms with Crippen LogP contribution in [0.5, 0.6) is 0 Å². The zero-order chi connectivity index (χ0) is 13.0. The summed E-state index contributed by atoms with van der Waals surface area (Å²) in [6, 6.07) is 0. The van der Waals surface area contributed by atoms with Crippen LogP contribution in [-0.2, 0) is 4.79 Å². The average molecular weight is 233 g/mol. The van der Waals surface area contributed by atoms with Crippen molar-refractivity contribution in [3.05, 3.63) is 49.5 Å². The molecule has 0 aromatic carbocycles. The molecule has 2 N–H and O–H groups in total. The Morgan fingerprint density at radius 1 is 1.41 bits per heavy atom. The van der Waals surface area contributed by atoms with E-state index in [1.807, 2.05) is 22.9 Å². The maximum atomic E-state index is 11.8. The third-order valence-corrected chi connectivity index (χ3v) is 2.84. The number of allylic oxidation sites excluding steroid dienone is 1. The van der Waals surface area contributed by atoms with Gasteiger partial charge in [0.05, 0.1) is 0 Å². The molecule has 0 saturated carbocycles. The van der Waals surface area contributed by atoms with Crippen molar-refractivity contribution in [3.63, 3.8) is 0 Å². The molecule has 4 nitrogen and oxygen atoms in total. The molecule has 0 radical (unpaired) electrons. The van der Waals surface area contributed by atoms with Crippen LogP contribution in [0.1, 0.15) is 6.42 Å². The summed E-state index contributed by atoms with van der Waals surface area (Å²) in [4.78, 5) is 15.6. The molecule has 1 heterocycles. The lowest BCUT2D eigenvalue weighted by atomic mass is 10.2. The molecule has 0 bridgehead atoms. The number of carbonyl (C=O) groups excluding carboxylic acids is 1. The molecule has 0 fully saturated rings. The van der Waals surface area contributed by atoms with Gasteiger partial charge in [-0.3, -0.25) is 4.79 Å². The minimum Gasteiger partial charge on any atom is -0.383 e. The van der Waals surface area contributed by atoms with E-state index in [0.717, 1.165) is 6.42 Å². The summed E-state index contributed by atoms with van der Waals surface area (Å²) in [7, 11) is 1.86. The SMILES string of the molecule is C=CCC1N(C)C(N)=C(C(=O)C=C)N1CC=C. The third kappa shape index (κ3) is 2.25. The van der Waals surface area contributed by atoms with Gasteiger partial charge in [0, 0.05) is 20.0 Å². The Balaban J connectivity index is 3.13. The number of carbonyl (C=O) groups is 1. The van der Waals surface area contributed by atoms with Crippen LogP contribution < -0.4 is 5.73 Å². The lowest BCUT2D eigenvalue weighted by Crippen LogP contribution is -2.39. The van der Waals surface area contributed by atoms with Crippen molar-refractivity contribution in [3.8, 4) is 0 Å². The van der Waals surface area contributed by atoms with E-state index in [0.29, 0.717) is 18.1 Å². The highest BCUT2D eigenvalue weighted by Crippen LogP contribution is 2.28. The zero-order valence-electron chi connectivity index (χ0n) is 10.2. The zero-order valence-corrected chi connectivity index (χ0v) is 10.2. The van der Waals surface area contributed by atoms with Crippen molar-refractivity contribution >= 4 is 5.78 Å². The Labute approximate surface area is 102 Å². The predicted octanol–water partition coefficient (Wildman–Crippen LogP) is 1.20. The van der Waals surface area contributed by atoms with Crippen molar-refractivity contribution in [1.82, 2.24) is 9.80 Å². The molecule has 0 aliphatic carbocycles. The first-order chi connectivity index (χ1) is 8.08. The van der Waals surface area contributed by atoms with Crippen LogP contribution in [0, 0.1) is 0 Å². The molecule has 1 aliphatic heterocycles. The van der Waals surface area contributed by atoms with Gasteiger partial charge < -0.3 is 15.5 Å². The van der Waals surface area contributed by atoms with Crippen LogP contribution in [0.4, 0.5) is 0 Å². The van der Waals surface area contributed by atoms with Gasteiger partial charge in [-0.05, 0) is 6.08 Å². The van der Waals surface area contributed by atoms with Crippen LogP contribution in [0.2, 0.25) is 0 Å². The number of nitrogens with two attached hydrogens (primary N) is 1. The number of ketones is 1. The first-order valence-corrected chi connectivity index (χ1v) is 5.46. The van der Waals surface area contributed by atoms with Gasteiger partial charge in [0.2, 0.25) is 5.78 Å². The topological polar surface area (TPSA) is 49.6 Å². The van der Waals surface area contributed by atoms with Crippen LogP contribution in [0.25, 0.3) is 0 Å². The molecule has 1 aliphatic rings. The molecule has 0 spiro atoms. The lowest BCUT2D eigenvalue weighted by Gasteiger charge is -2.30. The maximum absolute atomic E-state index is 11.8. The Morgan fingerprint density at radius 3 is 2.53 bits per heavy atom. The van der Waals surface area contributed by atoms with Crippen LogP contribution in [0.3, 0.4) is 0 Å². The van der Waals surface area contributed by atoms with Gasteiger partial charge >= 0.3 is 0 Å². The fourth-order valence-corrected chi connectivity index (χ4v) is 1.98. The smallest absolute Gasteiger partial charge is 0.205 e. The van der Waals surface area contributed by atoms with Crippen molar-refractivity contribution in [2.75, 3.05) is 13.6 Å². The van der Waals surface area contributed by atoms with Gasteiger partial charge in [-0.1, -0.05) is 18.7 Å². The second-order valence-electron chi connectivity index (χ2n) is 3.86. The van der Waals surface area contributed by atoms with E-state index < -0.39 is 0 Å². The van der Waals surface area contributed by atoms with E-state index in [4.69, 9.17) is 5.73 Å². The summed E-state index contributed by atoms with van der Waals surface area (Å²) in [5.74, 6) is 0.311. The second kappa shape index (κ2) is 5.39. The molecule has 1 atom stereocenters. The summed E-state index contributed by atoms with van der Waals surface area (Å²) in [6.07, 6.45) is 5.58. The van der Waals surface area contributed by atoms with Crippen LogP contribution >= 0.6 is 0 Å². The average Bonchev–Trinajstić information content (AvgIpc) is 2.54. The summed E-state index contributed by atoms with van der Waals surface area (Å²) in [6.45, 7) is 11.5. The van der Waals surface area contributed by atoms with Gasteiger partial charge in [0.1, 0.15) is 17.7 Å². The second-order valence-corrected chi connectivity index (χ2v) is 3.86. The molecule has 92 valence electrons. The van der Waals surface area contributed by atoms with Crippen LogP contribution in [0.15, 0.2) is 49.5 Å². The van der Waals surface area contributed by atoms with Gasteiger partial charge in [0.25, 0.3) is 0 Å². The number of hydrogen-bond donors (Lipinski definition) is 1. The highest BCUT2D eigenvalue weighted by atomic mass is 16.1. The first-order valence-electron chi connectivity index (χ1n) is 5.46. The minimum absolute atomic E-state index is 0.0180. The van der Waals surface area contributed by atoms with E-state index in [2.05, 4.69) is 19.7 Å². The van der Waals surface area contributed by atoms with Gasteiger partial charge in [-0.15, -0.1) is 13.2 Å². The highest BCUT2D eigenvalue weighted by Gasteiger charge is 2.35. The van der Waals surface area contributed by atoms with Crippen LogP contribution in [-0.4, -0.2) is 35.3 Å². The summed E-state index contributed by atoms with van der Waals surface area (Å²) < 4.78 is 0. The van der Waals surface area contributed by atoms with E-state index in [9.17, 15) is 4.79 Å². The predicted molar refractivity (Wildman–Crippen MR) is 69.7 cm³/mol. The summed E-state index contributed by atoms with van der Waals surface area (Å²) in [5, 5.41) is 0. The molecule has 17 heavy (non-hydrogen) atoms. The third-order valence-electron chi connectivity index (χ3n) is 2.84. The molecule has 1 unspecified atom stereocenters. The van der Waals surface area contributed by atoms with Gasteiger partial charge in [-0.25, -0.2) is 0 Å². The quantitative estimate of drug-likeness (QED) is 0.553. The number of rotatable bonds is 6. The summed E-state index contributed by atoms with van der Waals surface area (Å²) in [5.41, 5.74) is 6.46. The molecule has 0 amide bonds. The summed E-state index contributed by atoms with van der Waals surface area (Å²) >= 11 is 0. The van der Waals surface area contributed by atoms with E-state index >= 15 is 0 Å². The largest absolute Gasteiger partial charge is 0.383 e. The van der Waals surface area contributed by atoms with Gasteiger partial charge in [0.15, 0.2) is 0 Å². The fourth-order valence-electron chi connectivity index (χ4n) is 1.98. The van der Waals surface area contributed by atoms with Gasteiger partial charge in [-0.2, -0.15) is 0 Å². The standard InChI is InChI=1S/C13H19N3O/c1-5-8-11-15(4)13(14)12(10(17)7-3)16(11)9-6-2/h5-7,11H,1-3,8-9,14H2,4H3. The molecule has 0 aromatic heterocycles. The molecule has 1 rings (SSSR count). The Bertz CT molecular complexity index is 384. The maximum Gasteiger partial charge on any atom is 0.205 e. The minimum atomic E-state index is -0.164. The van der Waals surface area contributed by atoms with Crippen molar-refractivity contribution in [2.24, 2.45) is 5.73 Å². The normalized spacial score (nSPS) is 19.5. The molecular weight excluding hydrogens is 214 g/mol. The van der Waals surface area contributed by atoms with E-state index in [-0.39, 0.29) is 11.9 Å². The number of hydrogen-bond acceptors (Lipinski definition) is 4. The first kappa shape index (κ1) is 13.1. The Hall–Kier alpha value is -1.97. The lowest BCUT2D eigenvalue weighted by molar-refractivity contribution is -0.112. The van der Waals surface area contributed by atoms with E-state index in [1.54, 1.807) is 6.08 Å². The molecular formula is C13H19N3O. The number of nitrogens with zero attached hydrogens (tertiary/aromatic N) is 2. The molecule has 4 heteroatoms. The van der Waals surface area contributed by atoms with E-state index in [1.165, 1.54) is 6.08 Å². The highest BCUT2D eigenvalue weighted by molar-refractivity contribution is 6.03. The Morgan fingerprint density at radius 2 is 2.06 bits per heavy atom. The Kier molecular flexibility index (Phi) is 4.15. The monoisotopic (exact) mass is 233 g/mol. The molecule has 0 aromatic rings. The van der Waals surface area contributed by atoms with Crippen molar-refractivity contribution in [2.45, 2.75) is 12.6 Å². The molecule has 0 saturated heterocycles.